The van der Waals surface area contributed by atoms with E-state index < -0.39 is 10.0 Å². The molecule has 0 aliphatic heterocycles. The van der Waals surface area contributed by atoms with Crippen LogP contribution in [0.4, 0.5) is 5.69 Å². The topological polar surface area (TPSA) is 76.9 Å². The fourth-order valence-corrected chi connectivity index (χ4v) is 3.75. The molecular formula is C11H12BrClN4O2S. The molecule has 1 N–H and O–H groups in total. The highest BCUT2D eigenvalue weighted by molar-refractivity contribution is 9.10. The van der Waals surface area contributed by atoms with Gasteiger partial charge in [0.15, 0.2) is 0 Å². The second kappa shape index (κ2) is 5.34. The van der Waals surface area contributed by atoms with Crippen molar-refractivity contribution in [3.8, 4) is 0 Å². The van der Waals surface area contributed by atoms with Gasteiger partial charge in [0.25, 0.3) is 10.0 Å². The average Bonchev–Trinajstić information content (AvgIpc) is 2.58. The van der Waals surface area contributed by atoms with Crippen molar-refractivity contribution < 1.29 is 8.42 Å². The molecule has 0 fully saturated rings. The van der Waals surface area contributed by atoms with Crippen molar-refractivity contribution in [3.63, 3.8) is 0 Å². The van der Waals surface area contributed by atoms with Gasteiger partial charge in [0, 0.05) is 7.05 Å². The molecule has 9 heteroatoms. The summed E-state index contributed by atoms with van der Waals surface area (Å²) in [6.45, 7) is 3.35. The summed E-state index contributed by atoms with van der Waals surface area (Å²) in [6, 6.07) is 1.55. The van der Waals surface area contributed by atoms with E-state index >= 15 is 0 Å². The molecule has 2 aromatic rings. The van der Waals surface area contributed by atoms with Gasteiger partial charge in [-0.3, -0.25) is 9.40 Å². The summed E-state index contributed by atoms with van der Waals surface area (Å²) in [5, 5.41) is 4.37. The van der Waals surface area contributed by atoms with Crippen molar-refractivity contribution in [2.75, 3.05) is 4.72 Å². The van der Waals surface area contributed by atoms with Gasteiger partial charge < -0.3 is 0 Å². The first-order valence-electron chi connectivity index (χ1n) is 5.56. The normalized spacial score (nSPS) is 11.7. The predicted octanol–water partition coefficient (Wildman–Crippen LogP) is 2.65. The number of sulfonamides is 1. The molecule has 2 aromatic heterocycles. The second-order valence-corrected chi connectivity index (χ2v) is 7.06. The first-order valence-corrected chi connectivity index (χ1v) is 8.22. The van der Waals surface area contributed by atoms with Crippen LogP contribution in [0.25, 0.3) is 0 Å². The van der Waals surface area contributed by atoms with Crippen molar-refractivity contribution in [1.82, 2.24) is 14.8 Å². The number of rotatable bonds is 3. The highest BCUT2D eigenvalue weighted by atomic mass is 79.9. The number of aromatic nitrogens is 3. The standard InChI is InChI=1S/C11H12BrClN4O2S/c1-6-10(7(2)17(3)15-6)20(18,19)16-8-4-9(12)11(13)14-5-8/h4-5,16H,1-3H3. The molecule has 0 amide bonds. The number of nitrogens with one attached hydrogen (secondary N) is 1. The molecule has 0 saturated carbocycles. The maximum atomic E-state index is 12.4. The third-order valence-corrected chi connectivity index (χ3v) is 5.53. The summed E-state index contributed by atoms with van der Waals surface area (Å²) in [5.74, 6) is 0. The van der Waals surface area contributed by atoms with Crippen LogP contribution in [0, 0.1) is 13.8 Å². The predicted molar refractivity (Wildman–Crippen MR) is 80.4 cm³/mol. The summed E-state index contributed by atoms with van der Waals surface area (Å²) in [6.07, 6.45) is 1.35. The third-order valence-electron chi connectivity index (χ3n) is 2.76. The van der Waals surface area contributed by atoms with Crippen molar-refractivity contribution in [1.29, 1.82) is 0 Å². The van der Waals surface area contributed by atoms with Crippen molar-refractivity contribution >= 4 is 43.2 Å². The Morgan fingerprint density at radius 3 is 2.55 bits per heavy atom. The molecule has 0 unspecified atom stereocenters. The van der Waals surface area contributed by atoms with E-state index in [1.54, 1.807) is 27.0 Å². The molecular weight excluding hydrogens is 368 g/mol. The molecule has 0 aliphatic carbocycles. The zero-order valence-corrected chi connectivity index (χ0v) is 14.1. The minimum Gasteiger partial charge on any atom is -0.278 e. The molecule has 0 aromatic carbocycles. The van der Waals surface area contributed by atoms with Gasteiger partial charge in [-0.25, -0.2) is 13.4 Å². The Bertz CT molecular complexity index is 773. The Balaban J connectivity index is 2.43. The van der Waals surface area contributed by atoms with Crippen LogP contribution in [0.2, 0.25) is 5.15 Å². The van der Waals surface area contributed by atoms with E-state index in [-0.39, 0.29) is 10.0 Å². The SMILES string of the molecule is Cc1nn(C)c(C)c1S(=O)(=O)Nc1cnc(Cl)c(Br)c1. The Morgan fingerprint density at radius 2 is 2.05 bits per heavy atom. The zero-order valence-electron chi connectivity index (χ0n) is 11.0. The van der Waals surface area contributed by atoms with E-state index in [0.29, 0.717) is 21.5 Å². The quantitative estimate of drug-likeness (QED) is 0.832. The highest BCUT2D eigenvalue weighted by Gasteiger charge is 2.24. The molecule has 0 atom stereocenters. The maximum absolute atomic E-state index is 12.4. The summed E-state index contributed by atoms with van der Waals surface area (Å²) >= 11 is 8.97. The third kappa shape index (κ3) is 2.82. The Hall–Kier alpha value is -1.12. The molecule has 2 rings (SSSR count). The van der Waals surface area contributed by atoms with Crippen LogP contribution >= 0.6 is 27.5 Å². The summed E-state index contributed by atoms with van der Waals surface area (Å²) in [5.41, 5.74) is 1.33. The number of hydrogen-bond acceptors (Lipinski definition) is 4. The molecule has 0 radical (unpaired) electrons. The van der Waals surface area contributed by atoms with Crippen LogP contribution in [0.5, 0.6) is 0 Å². The minimum absolute atomic E-state index is 0.172. The summed E-state index contributed by atoms with van der Waals surface area (Å²) in [7, 11) is -2.02. The van der Waals surface area contributed by atoms with Gasteiger partial charge in [-0.2, -0.15) is 5.10 Å². The van der Waals surface area contributed by atoms with Crippen LogP contribution < -0.4 is 4.72 Å². The molecule has 0 aliphatic rings. The van der Waals surface area contributed by atoms with Crippen molar-refractivity contribution in [2.45, 2.75) is 18.7 Å². The van der Waals surface area contributed by atoms with E-state index in [1.165, 1.54) is 10.9 Å². The Kier molecular flexibility index (Phi) is 4.08. The molecule has 6 nitrogen and oxygen atoms in total. The molecule has 2 heterocycles. The fourth-order valence-electron chi connectivity index (χ4n) is 1.83. The molecule has 0 bridgehead atoms. The van der Waals surface area contributed by atoms with Crippen LogP contribution in [0.15, 0.2) is 21.6 Å². The van der Waals surface area contributed by atoms with Gasteiger partial charge in [-0.05, 0) is 35.8 Å². The van der Waals surface area contributed by atoms with Crippen molar-refractivity contribution in [2.24, 2.45) is 7.05 Å². The average molecular weight is 380 g/mol. The van der Waals surface area contributed by atoms with Crippen molar-refractivity contribution in [3.05, 3.63) is 33.3 Å². The Labute approximate surface area is 130 Å². The molecule has 0 spiro atoms. The van der Waals surface area contributed by atoms with E-state index in [2.05, 4.69) is 30.7 Å². The van der Waals surface area contributed by atoms with Gasteiger partial charge >= 0.3 is 0 Å². The second-order valence-electron chi connectivity index (χ2n) is 4.23. The van der Waals surface area contributed by atoms with Gasteiger partial charge in [0.1, 0.15) is 10.0 Å². The van der Waals surface area contributed by atoms with Gasteiger partial charge in [0.05, 0.1) is 27.7 Å². The Morgan fingerprint density at radius 1 is 1.40 bits per heavy atom. The van der Waals surface area contributed by atoms with Crippen LogP contribution in [-0.2, 0) is 17.1 Å². The molecule has 108 valence electrons. The summed E-state index contributed by atoms with van der Waals surface area (Å²) < 4.78 is 29.3. The number of pyridine rings is 1. The lowest BCUT2D eigenvalue weighted by atomic mass is 10.4. The van der Waals surface area contributed by atoms with E-state index in [1.807, 2.05) is 0 Å². The maximum Gasteiger partial charge on any atom is 0.265 e. The van der Waals surface area contributed by atoms with E-state index in [0.717, 1.165) is 0 Å². The van der Waals surface area contributed by atoms with Crippen LogP contribution in [0.1, 0.15) is 11.4 Å². The fraction of sp³-hybridized carbons (Fsp3) is 0.273. The monoisotopic (exact) mass is 378 g/mol. The van der Waals surface area contributed by atoms with E-state index in [4.69, 9.17) is 11.6 Å². The lowest BCUT2D eigenvalue weighted by molar-refractivity contribution is 0.599. The molecule has 0 saturated heterocycles. The lowest BCUT2D eigenvalue weighted by Crippen LogP contribution is -2.15. The highest BCUT2D eigenvalue weighted by Crippen LogP contribution is 2.26. The number of aryl methyl sites for hydroxylation is 2. The minimum atomic E-state index is -3.72. The van der Waals surface area contributed by atoms with Gasteiger partial charge in [-0.1, -0.05) is 11.6 Å². The smallest absolute Gasteiger partial charge is 0.265 e. The summed E-state index contributed by atoms with van der Waals surface area (Å²) in [4.78, 5) is 4.05. The van der Waals surface area contributed by atoms with Crippen LogP contribution in [0.3, 0.4) is 0 Å². The number of nitrogens with zero attached hydrogens (tertiary/aromatic N) is 3. The van der Waals surface area contributed by atoms with E-state index in [9.17, 15) is 8.42 Å². The largest absolute Gasteiger partial charge is 0.278 e. The first kappa shape index (κ1) is 15.3. The number of anilines is 1. The zero-order chi connectivity index (χ0) is 15.1. The number of halogens is 2. The van der Waals surface area contributed by atoms with Gasteiger partial charge in [0.2, 0.25) is 0 Å². The van der Waals surface area contributed by atoms with Gasteiger partial charge in [-0.15, -0.1) is 0 Å². The molecule has 20 heavy (non-hydrogen) atoms. The number of hydrogen-bond donors (Lipinski definition) is 1. The first-order chi connectivity index (χ1) is 9.22. The lowest BCUT2D eigenvalue weighted by Gasteiger charge is -2.08. The van der Waals surface area contributed by atoms with Crippen LogP contribution in [-0.4, -0.2) is 23.2 Å².